The number of amides is 1. The molecule has 1 aromatic heterocycles. The number of nitrogens with zero attached hydrogens (tertiary/aromatic N) is 4. The second kappa shape index (κ2) is 8.41. The van der Waals surface area contributed by atoms with Crippen molar-refractivity contribution in [3.63, 3.8) is 0 Å². The molecule has 0 aliphatic carbocycles. The van der Waals surface area contributed by atoms with Crippen molar-refractivity contribution < 1.29 is 18.4 Å². The zero-order valence-electron chi connectivity index (χ0n) is 18.2. The predicted molar refractivity (Wildman–Crippen MR) is 124 cm³/mol. The van der Waals surface area contributed by atoms with Gasteiger partial charge in [0.05, 0.1) is 18.6 Å². The Morgan fingerprint density at radius 1 is 1.12 bits per heavy atom. The second-order valence-corrected chi connectivity index (χ2v) is 8.59. The summed E-state index contributed by atoms with van der Waals surface area (Å²) in [6.07, 6.45) is 1.18. The number of aromatic nitrogens is 1. The average molecular weight is 458 g/mol. The van der Waals surface area contributed by atoms with Gasteiger partial charge in [-0.15, -0.1) is 0 Å². The summed E-state index contributed by atoms with van der Waals surface area (Å²) in [4.78, 5) is 38.2. The zero-order valence-corrected chi connectivity index (χ0v) is 18.2. The average Bonchev–Trinajstić information content (AvgIpc) is 3.44. The SMILES string of the molecule is [C-]#[N+][C@@H]1CC(F)(F)CN1C(=O)CCC(=O)c1ccnc2ccc(-c3ccc4c(c3)C=NC4)cc12. The zero-order chi connectivity index (χ0) is 23.9. The number of Topliss-reactive ketones (excluding diaryl/α,β-unsaturated/α-hetero) is 1. The van der Waals surface area contributed by atoms with E-state index in [1.807, 2.05) is 36.5 Å². The molecule has 6 nitrogen and oxygen atoms in total. The minimum absolute atomic E-state index is 0.135. The van der Waals surface area contributed by atoms with E-state index < -0.39 is 31.0 Å². The van der Waals surface area contributed by atoms with E-state index >= 15 is 0 Å². The van der Waals surface area contributed by atoms with Gasteiger partial charge in [-0.2, -0.15) is 0 Å². The standard InChI is InChI=1S/C26H20F2N4O2/c1-29-24-12-26(27,28)15-32(24)25(34)7-6-23(33)20-8-9-31-22-5-4-17(11-21(20)22)16-2-3-18-13-30-14-19(18)10-16/h2-5,8-11,14,24H,6-7,12-13,15H2/t24-/m0/s1. The number of alkyl halides is 2. The Balaban J connectivity index is 1.37. The molecule has 2 aliphatic heterocycles. The number of ketones is 1. The highest BCUT2D eigenvalue weighted by molar-refractivity contribution is 6.08. The third kappa shape index (κ3) is 4.05. The maximum absolute atomic E-state index is 13.7. The van der Waals surface area contributed by atoms with E-state index in [1.54, 1.807) is 12.3 Å². The second-order valence-electron chi connectivity index (χ2n) is 8.59. The van der Waals surface area contributed by atoms with Crippen LogP contribution in [-0.2, 0) is 11.3 Å². The Labute approximate surface area is 194 Å². The van der Waals surface area contributed by atoms with Gasteiger partial charge in [-0.3, -0.25) is 29.3 Å². The van der Waals surface area contributed by atoms with Gasteiger partial charge in [0.15, 0.2) is 5.78 Å². The van der Waals surface area contributed by atoms with Crippen LogP contribution in [0.15, 0.2) is 53.7 Å². The highest BCUT2D eigenvalue weighted by Crippen LogP contribution is 2.33. The van der Waals surface area contributed by atoms with Crippen LogP contribution < -0.4 is 0 Å². The normalized spacial score (nSPS) is 18.1. The van der Waals surface area contributed by atoms with E-state index in [4.69, 9.17) is 6.57 Å². The molecule has 34 heavy (non-hydrogen) atoms. The predicted octanol–water partition coefficient (Wildman–Crippen LogP) is 4.91. The van der Waals surface area contributed by atoms with Crippen molar-refractivity contribution in [1.82, 2.24) is 9.88 Å². The number of benzene rings is 2. The minimum atomic E-state index is -3.07. The molecule has 2 aliphatic rings. The molecule has 0 bridgehead atoms. The Bertz CT molecular complexity index is 1390. The van der Waals surface area contributed by atoms with Gasteiger partial charge >= 0.3 is 6.17 Å². The van der Waals surface area contributed by atoms with Gasteiger partial charge in [-0.1, -0.05) is 18.2 Å². The van der Waals surface area contributed by atoms with Crippen molar-refractivity contribution in [2.75, 3.05) is 6.54 Å². The van der Waals surface area contributed by atoms with Crippen LogP contribution in [0.1, 0.15) is 40.7 Å². The topological polar surface area (TPSA) is 67.0 Å². The summed E-state index contributed by atoms with van der Waals surface area (Å²) >= 11 is 0. The lowest BCUT2D eigenvalue weighted by Crippen LogP contribution is -2.35. The number of rotatable bonds is 5. The van der Waals surface area contributed by atoms with Gasteiger partial charge in [-0.25, -0.2) is 15.4 Å². The molecule has 3 heterocycles. The van der Waals surface area contributed by atoms with E-state index in [9.17, 15) is 18.4 Å². The van der Waals surface area contributed by atoms with Crippen LogP contribution in [0, 0.1) is 6.57 Å². The Morgan fingerprint density at radius 2 is 1.91 bits per heavy atom. The van der Waals surface area contributed by atoms with Gasteiger partial charge in [0, 0.05) is 36.2 Å². The van der Waals surface area contributed by atoms with E-state index in [1.165, 1.54) is 5.56 Å². The van der Waals surface area contributed by atoms with Gasteiger partial charge in [0.1, 0.15) is 6.42 Å². The van der Waals surface area contributed by atoms with Crippen molar-refractivity contribution in [3.05, 3.63) is 76.8 Å². The van der Waals surface area contributed by atoms with Crippen LogP contribution >= 0.6 is 0 Å². The largest absolute Gasteiger partial charge is 0.306 e. The molecule has 0 N–H and O–H groups in total. The number of carbonyl (C=O) groups is 2. The molecule has 0 saturated carbocycles. The number of hydrogen-bond donors (Lipinski definition) is 0. The monoisotopic (exact) mass is 458 g/mol. The maximum atomic E-state index is 13.7. The molecule has 1 fully saturated rings. The third-order valence-corrected chi connectivity index (χ3v) is 6.29. The number of likely N-dealkylation sites (tertiary alicyclic amines) is 1. The molecule has 5 rings (SSSR count). The summed E-state index contributed by atoms with van der Waals surface area (Å²) in [5.74, 6) is -3.95. The summed E-state index contributed by atoms with van der Waals surface area (Å²) < 4.78 is 27.3. The van der Waals surface area contributed by atoms with Gasteiger partial charge in [0.25, 0.3) is 5.92 Å². The number of carbonyl (C=O) groups excluding carboxylic acids is 2. The molecule has 0 unspecified atom stereocenters. The fourth-order valence-electron chi connectivity index (χ4n) is 4.51. The van der Waals surface area contributed by atoms with Crippen LogP contribution in [0.3, 0.4) is 0 Å². The number of hydrogen-bond acceptors (Lipinski definition) is 4. The van der Waals surface area contributed by atoms with Crippen LogP contribution in [-0.4, -0.2) is 46.4 Å². The number of pyridine rings is 1. The van der Waals surface area contributed by atoms with Crippen molar-refractivity contribution >= 4 is 28.8 Å². The fourth-order valence-corrected chi connectivity index (χ4v) is 4.51. The van der Waals surface area contributed by atoms with Crippen molar-refractivity contribution in [2.45, 2.75) is 37.9 Å². The lowest BCUT2D eigenvalue weighted by atomic mass is 9.96. The number of aliphatic imine (C=N–C) groups is 1. The van der Waals surface area contributed by atoms with E-state index in [-0.39, 0.29) is 18.6 Å². The van der Waals surface area contributed by atoms with Crippen molar-refractivity contribution in [2.24, 2.45) is 4.99 Å². The molecule has 1 amide bonds. The molecule has 1 saturated heterocycles. The molecular weight excluding hydrogens is 438 g/mol. The first kappa shape index (κ1) is 21.8. The van der Waals surface area contributed by atoms with Gasteiger partial charge < -0.3 is 0 Å². The van der Waals surface area contributed by atoms with E-state index in [2.05, 4.69) is 20.9 Å². The first-order chi connectivity index (χ1) is 16.3. The summed E-state index contributed by atoms with van der Waals surface area (Å²) in [5, 5.41) is 0.665. The summed E-state index contributed by atoms with van der Waals surface area (Å²) in [5.41, 5.74) is 5.23. The van der Waals surface area contributed by atoms with Gasteiger partial charge in [-0.05, 0) is 46.5 Å². The van der Waals surface area contributed by atoms with E-state index in [0.29, 0.717) is 23.0 Å². The molecule has 2 aromatic carbocycles. The number of halogens is 2. The smallest absolute Gasteiger partial charge is 0.294 e. The highest BCUT2D eigenvalue weighted by atomic mass is 19.3. The fraction of sp³-hybridized carbons (Fsp3) is 0.269. The summed E-state index contributed by atoms with van der Waals surface area (Å²) in [7, 11) is 0. The Hall–Kier alpha value is -3.99. The lowest BCUT2D eigenvalue weighted by molar-refractivity contribution is -0.132. The molecule has 0 spiro atoms. The van der Waals surface area contributed by atoms with Crippen LogP contribution in [0.25, 0.3) is 26.9 Å². The lowest BCUT2D eigenvalue weighted by Gasteiger charge is -2.16. The highest BCUT2D eigenvalue weighted by Gasteiger charge is 2.50. The summed E-state index contributed by atoms with van der Waals surface area (Å²) in [6, 6.07) is 13.4. The quantitative estimate of drug-likeness (QED) is 0.403. The molecular formula is C26H20F2N4O2. The maximum Gasteiger partial charge on any atom is 0.306 e. The Kier molecular flexibility index (Phi) is 5.40. The van der Waals surface area contributed by atoms with Crippen LogP contribution in [0.2, 0.25) is 0 Å². The van der Waals surface area contributed by atoms with Gasteiger partial charge in [0.2, 0.25) is 5.91 Å². The first-order valence-corrected chi connectivity index (χ1v) is 10.9. The molecule has 1 atom stereocenters. The van der Waals surface area contributed by atoms with Crippen LogP contribution in [0.4, 0.5) is 8.78 Å². The van der Waals surface area contributed by atoms with Crippen molar-refractivity contribution in [3.8, 4) is 11.1 Å². The van der Waals surface area contributed by atoms with E-state index in [0.717, 1.165) is 21.6 Å². The van der Waals surface area contributed by atoms with Crippen LogP contribution in [0.5, 0.6) is 0 Å². The number of fused-ring (bicyclic) bond motifs is 2. The molecule has 0 radical (unpaired) electrons. The Morgan fingerprint density at radius 3 is 2.74 bits per heavy atom. The van der Waals surface area contributed by atoms with Crippen molar-refractivity contribution in [1.29, 1.82) is 0 Å². The third-order valence-electron chi connectivity index (χ3n) is 6.29. The first-order valence-electron chi connectivity index (χ1n) is 10.9. The summed E-state index contributed by atoms with van der Waals surface area (Å²) in [6.45, 7) is 6.99. The molecule has 8 heteroatoms. The minimum Gasteiger partial charge on any atom is -0.294 e. The molecule has 3 aromatic rings. The molecule has 170 valence electrons.